The second kappa shape index (κ2) is 7.99. The average molecular weight is 382 g/mol. The van der Waals surface area contributed by atoms with Crippen molar-refractivity contribution in [2.45, 2.75) is 26.3 Å². The molecule has 0 atom stereocenters. The Hall–Kier alpha value is -3.55. The van der Waals surface area contributed by atoms with Crippen LogP contribution in [0, 0.1) is 5.82 Å². The predicted molar refractivity (Wildman–Crippen MR) is 102 cm³/mol. The number of halogens is 1. The van der Waals surface area contributed by atoms with Crippen LogP contribution in [0.15, 0.2) is 53.3 Å². The van der Waals surface area contributed by atoms with Gasteiger partial charge in [0.05, 0.1) is 17.8 Å². The minimum Gasteiger partial charge on any atom is -0.273 e. The summed E-state index contributed by atoms with van der Waals surface area (Å²) >= 11 is 0. The summed E-state index contributed by atoms with van der Waals surface area (Å²) in [5.41, 5.74) is 4.79. The Balaban J connectivity index is 1.81. The molecular formula is C20H19FN4O3. The van der Waals surface area contributed by atoms with E-state index in [0.29, 0.717) is 16.3 Å². The van der Waals surface area contributed by atoms with Gasteiger partial charge in [-0.25, -0.2) is 9.07 Å². The molecule has 0 saturated heterocycles. The van der Waals surface area contributed by atoms with Gasteiger partial charge in [0, 0.05) is 5.39 Å². The van der Waals surface area contributed by atoms with Crippen LogP contribution in [0.1, 0.15) is 35.9 Å². The quantitative estimate of drug-likeness (QED) is 0.676. The van der Waals surface area contributed by atoms with Crippen molar-refractivity contribution in [2.24, 2.45) is 0 Å². The summed E-state index contributed by atoms with van der Waals surface area (Å²) < 4.78 is 14.4. The number of nitrogens with one attached hydrogen (secondary N) is 2. The van der Waals surface area contributed by atoms with E-state index in [1.54, 1.807) is 44.2 Å². The van der Waals surface area contributed by atoms with E-state index in [4.69, 9.17) is 0 Å². The number of carbonyl (C=O) groups excluding carboxylic acids is 2. The first-order valence-electron chi connectivity index (χ1n) is 8.72. The molecular weight excluding hydrogens is 363 g/mol. The maximum Gasteiger partial charge on any atom is 0.290 e. The molecule has 0 saturated carbocycles. The molecule has 144 valence electrons. The van der Waals surface area contributed by atoms with E-state index in [0.717, 1.165) is 0 Å². The molecule has 0 aliphatic carbocycles. The molecule has 28 heavy (non-hydrogen) atoms. The van der Waals surface area contributed by atoms with Crippen LogP contribution in [0.5, 0.6) is 0 Å². The van der Waals surface area contributed by atoms with Gasteiger partial charge in [-0.3, -0.25) is 25.2 Å². The summed E-state index contributed by atoms with van der Waals surface area (Å²) in [6.07, 6.45) is -0.0995. The Labute approximate surface area is 160 Å². The van der Waals surface area contributed by atoms with E-state index >= 15 is 0 Å². The lowest BCUT2D eigenvalue weighted by Crippen LogP contribution is -2.43. The number of aromatic nitrogens is 2. The largest absolute Gasteiger partial charge is 0.290 e. The van der Waals surface area contributed by atoms with Crippen molar-refractivity contribution in [1.82, 2.24) is 20.6 Å². The third-order valence-corrected chi connectivity index (χ3v) is 4.10. The van der Waals surface area contributed by atoms with Gasteiger partial charge in [0.25, 0.3) is 11.5 Å². The van der Waals surface area contributed by atoms with Crippen molar-refractivity contribution < 1.29 is 14.0 Å². The fourth-order valence-electron chi connectivity index (χ4n) is 2.79. The first kappa shape index (κ1) is 19.2. The first-order chi connectivity index (χ1) is 13.4. The Morgan fingerprint density at radius 2 is 1.79 bits per heavy atom. The molecule has 1 aromatic heterocycles. The van der Waals surface area contributed by atoms with Gasteiger partial charge in [-0.15, -0.1) is 0 Å². The lowest BCUT2D eigenvalue weighted by molar-refractivity contribution is -0.121. The zero-order chi connectivity index (χ0) is 20.3. The molecule has 8 heteroatoms. The lowest BCUT2D eigenvalue weighted by Gasteiger charge is -2.13. The summed E-state index contributed by atoms with van der Waals surface area (Å²) in [6, 6.07) is 12.0. The van der Waals surface area contributed by atoms with Gasteiger partial charge in [-0.05, 0) is 37.6 Å². The minimum absolute atomic E-state index is 0.0231. The van der Waals surface area contributed by atoms with Crippen molar-refractivity contribution in [3.8, 4) is 0 Å². The normalized spacial score (nSPS) is 10.9. The smallest absolute Gasteiger partial charge is 0.273 e. The van der Waals surface area contributed by atoms with E-state index in [1.807, 2.05) is 0 Å². The van der Waals surface area contributed by atoms with Crippen LogP contribution in [0.4, 0.5) is 4.39 Å². The second-order valence-electron chi connectivity index (χ2n) is 6.55. The molecule has 2 amide bonds. The number of rotatable bonds is 4. The molecule has 0 radical (unpaired) electrons. The Morgan fingerprint density at radius 1 is 1.07 bits per heavy atom. The molecule has 0 aliphatic rings. The molecule has 0 spiro atoms. The number of fused-ring (bicyclic) bond motifs is 1. The number of benzene rings is 2. The molecule has 7 nitrogen and oxygen atoms in total. The van der Waals surface area contributed by atoms with E-state index in [2.05, 4.69) is 16.0 Å². The highest BCUT2D eigenvalue weighted by molar-refractivity contribution is 6.05. The van der Waals surface area contributed by atoms with Crippen LogP contribution in [-0.2, 0) is 11.2 Å². The van der Waals surface area contributed by atoms with E-state index < -0.39 is 17.6 Å². The van der Waals surface area contributed by atoms with Crippen molar-refractivity contribution in [3.63, 3.8) is 0 Å². The molecule has 3 rings (SSSR count). The highest BCUT2D eigenvalue weighted by Crippen LogP contribution is 2.14. The predicted octanol–water partition coefficient (Wildman–Crippen LogP) is 2.12. The van der Waals surface area contributed by atoms with Crippen molar-refractivity contribution in [1.29, 1.82) is 0 Å². The Bertz CT molecular complexity index is 1110. The zero-order valence-electron chi connectivity index (χ0n) is 15.4. The maximum absolute atomic E-state index is 13.2. The van der Waals surface area contributed by atoms with Crippen LogP contribution in [0.2, 0.25) is 0 Å². The van der Waals surface area contributed by atoms with Crippen LogP contribution >= 0.6 is 0 Å². The maximum atomic E-state index is 13.2. The summed E-state index contributed by atoms with van der Waals surface area (Å²) in [4.78, 5) is 37.1. The van der Waals surface area contributed by atoms with Gasteiger partial charge in [-0.1, -0.05) is 30.3 Å². The SMILES string of the molecule is CC(C)n1nc(C(=O)NNC(=O)Cc2cccc(F)c2)c2ccccc2c1=O. The van der Waals surface area contributed by atoms with Gasteiger partial charge in [-0.2, -0.15) is 5.10 Å². The number of nitrogens with zero attached hydrogens (tertiary/aromatic N) is 2. The van der Waals surface area contributed by atoms with E-state index in [9.17, 15) is 18.8 Å². The topological polar surface area (TPSA) is 93.1 Å². The summed E-state index contributed by atoms with van der Waals surface area (Å²) in [5, 5.41) is 4.92. The second-order valence-corrected chi connectivity index (χ2v) is 6.55. The summed E-state index contributed by atoms with van der Waals surface area (Å²) in [5.74, 6) is -1.61. The zero-order valence-corrected chi connectivity index (χ0v) is 15.4. The molecule has 1 heterocycles. The first-order valence-corrected chi connectivity index (χ1v) is 8.72. The van der Waals surface area contributed by atoms with Crippen LogP contribution < -0.4 is 16.4 Å². The number of hydrogen-bond donors (Lipinski definition) is 2. The molecule has 0 unspecified atom stereocenters. The third kappa shape index (κ3) is 4.06. The molecule has 3 aromatic rings. The van der Waals surface area contributed by atoms with Crippen molar-refractivity contribution >= 4 is 22.6 Å². The summed E-state index contributed by atoms with van der Waals surface area (Å²) in [7, 11) is 0. The Kier molecular flexibility index (Phi) is 5.49. The molecule has 0 fully saturated rings. The average Bonchev–Trinajstić information content (AvgIpc) is 2.66. The number of hydrogen-bond acceptors (Lipinski definition) is 4. The highest BCUT2D eigenvalue weighted by atomic mass is 19.1. The van der Waals surface area contributed by atoms with E-state index in [-0.39, 0.29) is 23.7 Å². The Morgan fingerprint density at radius 3 is 2.46 bits per heavy atom. The molecule has 2 N–H and O–H groups in total. The van der Waals surface area contributed by atoms with Gasteiger partial charge < -0.3 is 0 Å². The third-order valence-electron chi connectivity index (χ3n) is 4.10. The molecule has 0 bridgehead atoms. The number of amides is 2. The van der Waals surface area contributed by atoms with Gasteiger partial charge in [0.15, 0.2) is 5.69 Å². The standard InChI is InChI=1S/C20H19FN4O3/c1-12(2)25-20(28)16-9-4-3-8-15(16)18(24-25)19(27)23-22-17(26)11-13-6-5-7-14(21)10-13/h3-10,12H,11H2,1-2H3,(H,22,26)(H,23,27). The summed E-state index contributed by atoms with van der Waals surface area (Å²) in [6.45, 7) is 3.57. The van der Waals surface area contributed by atoms with Gasteiger partial charge in [0.1, 0.15) is 5.82 Å². The fourth-order valence-corrected chi connectivity index (χ4v) is 2.79. The minimum atomic E-state index is -0.654. The lowest BCUT2D eigenvalue weighted by atomic mass is 10.1. The highest BCUT2D eigenvalue weighted by Gasteiger charge is 2.18. The van der Waals surface area contributed by atoms with Crippen LogP contribution in [0.25, 0.3) is 10.8 Å². The molecule has 0 aliphatic heterocycles. The van der Waals surface area contributed by atoms with Crippen LogP contribution in [-0.4, -0.2) is 21.6 Å². The van der Waals surface area contributed by atoms with Gasteiger partial charge in [0.2, 0.25) is 5.91 Å². The van der Waals surface area contributed by atoms with Crippen molar-refractivity contribution in [3.05, 3.63) is 76.0 Å². The van der Waals surface area contributed by atoms with Crippen LogP contribution in [0.3, 0.4) is 0 Å². The number of carbonyl (C=O) groups is 2. The number of hydrazine groups is 1. The monoisotopic (exact) mass is 382 g/mol. The van der Waals surface area contributed by atoms with Gasteiger partial charge >= 0.3 is 0 Å². The van der Waals surface area contributed by atoms with E-state index in [1.165, 1.54) is 22.9 Å². The van der Waals surface area contributed by atoms with Crippen molar-refractivity contribution in [2.75, 3.05) is 0 Å². The fraction of sp³-hybridized carbons (Fsp3) is 0.200. The molecule has 2 aromatic carbocycles.